The number of rotatable bonds is 8. The first-order chi connectivity index (χ1) is 9.11. The van der Waals surface area contributed by atoms with Gasteiger partial charge in [-0.05, 0) is 5.56 Å². The summed E-state index contributed by atoms with van der Waals surface area (Å²) in [6.07, 6.45) is 0.890. The van der Waals surface area contributed by atoms with Crippen molar-refractivity contribution in [2.45, 2.75) is 25.4 Å². The largest absolute Gasteiger partial charge is 0.481 e. The van der Waals surface area contributed by atoms with Crippen LogP contribution in [0.1, 0.15) is 18.4 Å². The average molecular weight is 263 g/mol. The quantitative estimate of drug-likeness (QED) is 0.551. The molecule has 5 nitrogen and oxygen atoms in total. The summed E-state index contributed by atoms with van der Waals surface area (Å²) in [4.78, 5) is 22.1. The minimum absolute atomic E-state index is 0.00878. The van der Waals surface area contributed by atoms with E-state index in [0.717, 1.165) is 11.8 Å². The van der Waals surface area contributed by atoms with Crippen LogP contribution >= 0.6 is 0 Å². The number of hydrogen-bond acceptors (Lipinski definition) is 4. The highest BCUT2D eigenvalue weighted by Crippen LogP contribution is 2.04. The van der Waals surface area contributed by atoms with Gasteiger partial charge in [0.2, 0.25) is 0 Å². The molecule has 0 saturated carbocycles. The van der Waals surface area contributed by atoms with Gasteiger partial charge in [0.15, 0.2) is 0 Å². The number of carboxylic acid groups (broad SMARTS) is 1. The number of carbonyl (C=O) groups is 2. The number of carboxylic acids is 1. The molecule has 0 unspecified atom stereocenters. The van der Waals surface area contributed by atoms with Crippen LogP contribution in [0.3, 0.4) is 0 Å². The van der Waals surface area contributed by atoms with Crippen molar-refractivity contribution in [1.29, 1.82) is 0 Å². The van der Waals surface area contributed by atoms with Crippen molar-refractivity contribution in [1.82, 2.24) is 5.32 Å². The molecular formula is C14H17NO4. The van der Waals surface area contributed by atoms with Crippen LogP contribution in [0.5, 0.6) is 0 Å². The highest BCUT2D eigenvalue weighted by atomic mass is 16.5. The fourth-order valence-electron chi connectivity index (χ4n) is 1.63. The Morgan fingerprint density at radius 2 is 2.00 bits per heavy atom. The lowest BCUT2D eigenvalue weighted by Gasteiger charge is -2.15. The van der Waals surface area contributed by atoms with Crippen LogP contribution in [0.4, 0.5) is 0 Å². The zero-order valence-corrected chi connectivity index (χ0v) is 10.5. The van der Waals surface area contributed by atoms with Crippen LogP contribution in [0.2, 0.25) is 0 Å². The van der Waals surface area contributed by atoms with Gasteiger partial charge in [-0.25, -0.2) is 0 Å². The molecule has 0 fully saturated rings. The minimum atomic E-state index is -0.961. The van der Waals surface area contributed by atoms with Gasteiger partial charge in [-0.1, -0.05) is 36.9 Å². The van der Waals surface area contributed by atoms with Crippen LogP contribution in [-0.4, -0.2) is 23.1 Å². The molecule has 2 N–H and O–H groups in total. The Morgan fingerprint density at radius 3 is 2.58 bits per heavy atom. The molecule has 0 bridgehead atoms. The predicted octanol–water partition coefficient (Wildman–Crippen LogP) is 1.70. The van der Waals surface area contributed by atoms with Crippen LogP contribution in [-0.2, 0) is 20.9 Å². The fraction of sp³-hybridized carbons (Fsp3) is 0.286. The van der Waals surface area contributed by atoms with Gasteiger partial charge in [-0.3, -0.25) is 9.59 Å². The lowest BCUT2D eigenvalue weighted by Crippen LogP contribution is -2.33. The minimum Gasteiger partial charge on any atom is -0.481 e. The second-order valence-corrected chi connectivity index (χ2v) is 4.02. The van der Waals surface area contributed by atoms with E-state index in [1.807, 2.05) is 30.3 Å². The third-order valence-electron chi connectivity index (χ3n) is 2.49. The molecule has 1 aromatic carbocycles. The number of benzene rings is 1. The molecule has 0 saturated heterocycles. The van der Waals surface area contributed by atoms with Gasteiger partial charge in [0, 0.05) is 12.6 Å². The molecule has 0 radical (unpaired) electrons. The van der Waals surface area contributed by atoms with Crippen LogP contribution in [0.25, 0.3) is 0 Å². The summed E-state index contributed by atoms with van der Waals surface area (Å²) in [5, 5.41) is 11.9. The van der Waals surface area contributed by atoms with E-state index in [1.165, 1.54) is 0 Å². The van der Waals surface area contributed by atoms with Gasteiger partial charge in [0.25, 0.3) is 0 Å². The Kier molecular flexibility index (Phi) is 6.32. The lowest BCUT2D eigenvalue weighted by atomic mass is 10.1. The zero-order valence-electron chi connectivity index (χ0n) is 10.5. The van der Waals surface area contributed by atoms with E-state index in [9.17, 15) is 9.59 Å². The maximum absolute atomic E-state index is 11.3. The van der Waals surface area contributed by atoms with Gasteiger partial charge in [0.05, 0.1) is 19.1 Å². The standard InChI is InChI=1S/C14H17NO4/c1-2-19-14(18)9-12(8-13(16)17)15-10-11-6-4-3-5-7-11/h2-7,12,15H,1,8-10H2,(H,16,17)/t12-/m0/s1. The average Bonchev–Trinajstić information content (AvgIpc) is 2.37. The lowest BCUT2D eigenvalue weighted by molar-refractivity contribution is -0.140. The molecule has 19 heavy (non-hydrogen) atoms. The molecule has 102 valence electrons. The Hall–Kier alpha value is -2.14. The van der Waals surface area contributed by atoms with E-state index in [2.05, 4.69) is 16.6 Å². The molecule has 1 aromatic rings. The number of nitrogens with one attached hydrogen (secondary N) is 1. The van der Waals surface area contributed by atoms with Gasteiger partial charge in [-0.2, -0.15) is 0 Å². The summed E-state index contributed by atoms with van der Waals surface area (Å²) < 4.78 is 4.60. The summed E-state index contributed by atoms with van der Waals surface area (Å²) in [6, 6.07) is 9.08. The number of aliphatic carboxylic acids is 1. The van der Waals surface area contributed by atoms with Gasteiger partial charge >= 0.3 is 11.9 Å². The van der Waals surface area contributed by atoms with Crippen LogP contribution in [0.15, 0.2) is 43.2 Å². The first-order valence-corrected chi connectivity index (χ1v) is 5.91. The molecule has 1 atom stereocenters. The first-order valence-electron chi connectivity index (χ1n) is 5.91. The number of hydrogen-bond donors (Lipinski definition) is 2. The molecule has 5 heteroatoms. The SMILES string of the molecule is C=COC(=O)C[C@H](CC(=O)O)NCc1ccccc1. The van der Waals surface area contributed by atoms with Gasteiger partial charge in [0.1, 0.15) is 0 Å². The smallest absolute Gasteiger partial charge is 0.312 e. The second kappa shape index (κ2) is 8.05. The maximum atomic E-state index is 11.3. The molecule has 0 aliphatic carbocycles. The van der Waals surface area contributed by atoms with Crippen molar-refractivity contribution < 1.29 is 19.4 Å². The fourth-order valence-corrected chi connectivity index (χ4v) is 1.63. The molecule has 0 aliphatic rings. The van der Waals surface area contributed by atoms with Crippen molar-refractivity contribution in [2.75, 3.05) is 0 Å². The Morgan fingerprint density at radius 1 is 1.32 bits per heavy atom. The summed E-state index contributed by atoms with van der Waals surface area (Å²) >= 11 is 0. The molecule has 0 aliphatic heterocycles. The molecule has 0 spiro atoms. The maximum Gasteiger partial charge on any atom is 0.312 e. The Bertz CT molecular complexity index is 430. The molecular weight excluding hydrogens is 246 g/mol. The van der Waals surface area contributed by atoms with Crippen molar-refractivity contribution in [3.05, 3.63) is 48.7 Å². The molecule has 0 aromatic heterocycles. The predicted molar refractivity (Wildman–Crippen MR) is 70.2 cm³/mol. The van der Waals surface area contributed by atoms with Crippen molar-refractivity contribution in [2.24, 2.45) is 0 Å². The third kappa shape index (κ3) is 6.38. The molecule has 0 heterocycles. The summed E-state index contributed by atoms with van der Waals surface area (Å²) in [6.45, 7) is 3.78. The zero-order chi connectivity index (χ0) is 14.1. The number of esters is 1. The van der Waals surface area contributed by atoms with E-state index in [4.69, 9.17) is 5.11 Å². The highest BCUT2D eigenvalue weighted by molar-refractivity contribution is 5.73. The van der Waals surface area contributed by atoms with Crippen molar-refractivity contribution in [3.63, 3.8) is 0 Å². The Balaban J connectivity index is 2.51. The number of carbonyl (C=O) groups excluding carboxylic acids is 1. The van der Waals surface area contributed by atoms with E-state index >= 15 is 0 Å². The van der Waals surface area contributed by atoms with Crippen molar-refractivity contribution in [3.8, 4) is 0 Å². The van der Waals surface area contributed by atoms with E-state index in [1.54, 1.807) is 0 Å². The number of ether oxygens (including phenoxy) is 1. The van der Waals surface area contributed by atoms with Gasteiger partial charge < -0.3 is 15.2 Å². The molecule has 1 rings (SSSR count). The topological polar surface area (TPSA) is 75.6 Å². The first kappa shape index (κ1) is 14.9. The Labute approximate surface area is 111 Å². The van der Waals surface area contributed by atoms with E-state index < -0.39 is 18.0 Å². The van der Waals surface area contributed by atoms with Crippen LogP contribution < -0.4 is 5.32 Å². The third-order valence-corrected chi connectivity index (χ3v) is 2.49. The van der Waals surface area contributed by atoms with Gasteiger partial charge in [-0.15, -0.1) is 0 Å². The highest BCUT2D eigenvalue weighted by Gasteiger charge is 2.17. The summed E-state index contributed by atoms with van der Waals surface area (Å²) in [7, 11) is 0. The summed E-state index contributed by atoms with van der Waals surface area (Å²) in [5.41, 5.74) is 1.02. The van der Waals surface area contributed by atoms with E-state index in [0.29, 0.717) is 6.54 Å². The monoisotopic (exact) mass is 263 g/mol. The van der Waals surface area contributed by atoms with E-state index in [-0.39, 0.29) is 12.8 Å². The molecule has 0 amide bonds. The van der Waals surface area contributed by atoms with Crippen LogP contribution in [0, 0.1) is 0 Å². The summed E-state index contributed by atoms with van der Waals surface area (Å²) in [5.74, 6) is -1.46. The second-order valence-electron chi connectivity index (χ2n) is 4.02. The van der Waals surface area contributed by atoms with Crippen molar-refractivity contribution >= 4 is 11.9 Å². The normalized spacial score (nSPS) is 11.6.